The van der Waals surface area contributed by atoms with Gasteiger partial charge in [-0.2, -0.15) is 0 Å². The summed E-state index contributed by atoms with van der Waals surface area (Å²) in [4.78, 5) is 20.9. The molecule has 0 saturated carbocycles. The third kappa shape index (κ3) is 3.57. The fourth-order valence-corrected chi connectivity index (χ4v) is 1.16. The minimum absolute atomic E-state index is 0.0662. The van der Waals surface area contributed by atoms with E-state index in [2.05, 4.69) is 0 Å². The third-order valence-electron chi connectivity index (χ3n) is 1.71. The molecule has 14 heavy (non-hydrogen) atoms. The van der Waals surface area contributed by atoms with Crippen molar-refractivity contribution in [3.63, 3.8) is 0 Å². The first kappa shape index (κ1) is 10.7. The molecule has 0 saturated heterocycles. The van der Waals surface area contributed by atoms with Crippen LogP contribution in [0.1, 0.15) is 13.3 Å². The monoisotopic (exact) mass is 200 g/mol. The molecule has 1 aliphatic heterocycles. The lowest BCUT2D eigenvalue weighted by molar-refractivity contribution is -0.150. The van der Waals surface area contributed by atoms with Crippen molar-refractivity contribution in [2.45, 2.75) is 25.6 Å². The second-order valence-corrected chi connectivity index (χ2v) is 3.00. The summed E-state index contributed by atoms with van der Waals surface area (Å²) in [5.74, 6) is -1.29. The Hall–Kier alpha value is -1.36. The summed E-state index contributed by atoms with van der Waals surface area (Å²) in [6.45, 7) is 1.53. The predicted octanol–water partition coefficient (Wildman–Crippen LogP) is 0.348. The smallest absolute Gasteiger partial charge is 0.306 e. The Balaban J connectivity index is 2.39. The van der Waals surface area contributed by atoms with E-state index >= 15 is 0 Å². The molecule has 0 aromatic heterocycles. The van der Waals surface area contributed by atoms with E-state index in [9.17, 15) is 9.59 Å². The van der Waals surface area contributed by atoms with Crippen molar-refractivity contribution >= 4 is 11.9 Å². The summed E-state index contributed by atoms with van der Waals surface area (Å²) in [6.07, 6.45) is 2.38. The summed E-state index contributed by atoms with van der Waals surface area (Å²) in [5.41, 5.74) is 0. The summed E-state index contributed by atoms with van der Waals surface area (Å²) in [5, 5.41) is 8.48. The standard InChI is InChI=1S/C9H12O5/c1-6(10)14-8-3-2-7(13-5-8)4-9(11)12/h2-3,7-8H,4-5H2,1H3,(H,11,12)/t7-,8-/m1/s1. The molecule has 5 heteroatoms. The van der Waals surface area contributed by atoms with Gasteiger partial charge in [0, 0.05) is 6.92 Å². The van der Waals surface area contributed by atoms with Crippen molar-refractivity contribution in [1.82, 2.24) is 0 Å². The zero-order chi connectivity index (χ0) is 10.6. The van der Waals surface area contributed by atoms with Crippen molar-refractivity contribution in [1.29, 1.82) is 0 Å². The summed E-state index contributed by atoms with van der Waals surface area (Å²) in [6, 6.07) is 0. The molecule has 0 aromatic rings. The minimum Gasteiger partial charge on any atom is -0.481 e. The quantitative estimate of drug-likeness (QED) is 0.525. The van der Waals surface area contributed by atoms with Crippen molar-refractivity contribution in [3.8, 4) is 0 Å². The molecule has 1 aliphatic rings. The number of hydrogen-bond acceptors (Lipinski definition) is 4. The van der Waals surface area contributed by atoms with E-state index in [4.69, 9.17) is 14.6 Å². The first-order valence-corrected chi connectivity index (χ1v) is 4.27. The lowest BCUT2D eigenvalue weighted by Crippen LogP contribution is -2.29. The van der Waals surface area contributed by atoms with Crippen LogP contribution < -0.4 is 0 Å². The molecular formula is C9H12O5. The van der Waals surface area contributed by atoms with Crippen LogP contribution in [-0.4, -0.2) is 35.9 Å². The van der Waals surface area contributed by atoms with Gasteiger partial charge in [0.25, 0.3) is 0 Å². The van der Waals surface area contributed by atoms with Crippen molar-refractivity contribution in [3.05, 3.63) is 12.2 Å². The lowest BCUT2D eigenvalue weighted by atomic mass is 10.1. The minimum atomic E-state index is -0.911. The first-order valence-electron chi connectivity index (χ1n) is 4.27. The molecule has 0 aromatic carbocycles. The van der Waals surface area contributed by atoms with Crippen LogP contribution in [0, 0.1) is 0 Å². The molecule has 0 unspecified atom stereocenters. The van der Waals surface area contributed by atoms with Crippen LogP contribution in [0.3, 0.4) is 0 Å². The number of carbonyl (C=O) groups excluding carboxylic acids is 1. The van der Waals surface area contributed by atoms with Crippen LogP contribution in [0.15, 0.2) is 12.2 Å². The summed E-state index contributed by atoms with van der Waals surface area (Å²) >= 11 is 0. The van der Waals surface area contributed by atoms with Crippen LogP contribution in [0.4, 0.5) is 0 Å². The summed E-state index contributed by atoms with van der Waals surface area (Å²) < 4.78 is 10.0. The third-order valence-corrected chi connectivity index (χ3v) is 1.71. The van der Waals surface area contributed by atoms with Gasteiger partial charge in [-0.25, -0.2) is 0 Å². The molecule has 0 fully saturated rings. The van der Waals surface area contributed by atoms with E-state index < -0.39 is 18.2 Å². The van der Waals surface area contributed by atoms with Crippen LogP contribution in [-0.2, 0) is 19.1 Å². The Morgan fingerprint density at radius 2 is 2.29 bits per heavy atom. The van der Waals surface area contributed by atoms with Gasteiger partial charge in [0.1, 0.15) is 6.10 Å². The topological polar surface area (TPSA) is 72.8 Å². The second kappa shape index (κ2) is 4.76. The average Bonchev–Trinajstić information content (AvgIpc) is 2.06. The van der Waals surface area contributed by atoms with Crippen molar-refractivity contribution < 1.29 is 24.2 Å². The van der Waals surface area contributed by atoms with Crippen LogP contribution >= 0.6 is 0 Å². The number of ether oxygens (including phenoxy) is 2. The number of carboxylic acid groups (broad SMARTS) is 1. The second-order valence-electron chi connectivity index (χ2n) is 3.00. The molecule has 0 amide bonds. The number of rotatable bonds is 3. The van der Waals surface area contributed by atoms with E-state index in [0.29, 0.717) is 0 Å². The van der Waals surface area contributed by atoms with Gasteiger partial charge in [0.05, 0.1) is 19.1 Å². The maximum Gasteiger partial charge on any atom is 0.306 e. The van der Waals surface area contributed by atoms with Gasteiger partial charge < -0.3 is 14.6 Å². The van der Waals surface area contributed by atoms with Gasteiger partial charge >= 0.3 is 11.9 Å². The highest BCUT2D eigenvalue weighted by Crippen LogP contribution is 2.11. The van der Waals surface area contributed by atoms with Crippen LogP contribution in [0.5, 0.6) is 0 Å². The number of esters is 1. The van der Waals surface area contributed by atoms with Gasteiger partial charge in [0.15, 0.2) is 0 Å². The first-order chi connectivity index (χ1) is 6.58. The Labute approximate surface area is 81.3 Å². The van der Waals surface area contributed by atoms with Crippen molar-refractivity contribution in [2.24, 2.45) is 0 Å². The maximum atomic E-state index is 10.6. The van der Waals surface area contributed by atoms with Gasteiger partial charge in [-0.15, -0.1) is 0 Å². The summed E-state index contributed by atoms with van der Waals surface area (Å²) in [7, 11) is 0. The van der Waals surface area contributed by atoms with Crippen molar-refractivity contribution in [2.75, 3.05) is 6.61 Å². The zero-order valence-corrected chi connectivity index (χ0v) is 7.80. The normalized spacial score (nSPS) is 25.8. The molecule has 0 radical (unpaired) electrons. The van der Waals surface area contributed by atoms with E-state index in [0.717, 1.165) is 0 Å². The zero-order valence-electron chi connectivity index (χ0n) is 7.80. The molecule has 0 spiro atoms. The van der Waals surface area contributed by atoms with E-state index in [1.807, 2.05) is 0 Å². The molecule has 0 bridgehead atoms. The number of carbonyl (C=O) groups is 2. The van der Waals surface area contributed by atoms with Crippen LogP contribution in [0.25, 0.3) is 0 Å². The fourth-order valence-electron chi connectivity index (χ4n) is 1.16. The lowest BCUT2D eigenvalue weighted by Gasteiger charge is -2.22. The predicted molar refractivity (Wildman–Crippen MR) is 46.7 cm³/mol. The largest absolute Gasteiger partial charge is 0.481 e. The Kier molecular flexibility index (Phi) is 3.64. The van der Waals surface area contributed by atoms with Gasteiger partial charge in [-0.1, -0.05) is 6.08 Å². The Bertz CT molecular complexity index is 232. The highest BCUT2D eigenvalue weighted by molar-refractivity contribution is 5.68. The molecule has 2 atom stereocenters. The SMILES string of the molecule is CC(=O)O[C@@H]1C=C[C@H](CC(=O)O)OC1. The molecule has 5 nitrogen and oxygen atoms in total. The maximum absolute atomic E-state index is 10.6. The van der Waals surface area contributed by atoms with E-state index in [1.54, 1.807) is 12.2 Å². The Morgan fingerprint density at radius 1 is 1.57 bits per heavy atom. The Morgan fingerprint density at radius 3 is 2.71 bits per heavy atom. The molecule has 1 heterocycles. The molecular weight excluding hydrogens is 188 g/mol. The number of carboxylic acids is 1. The molecule has 0 aliphatic carbocycles. The number of aliphatic carboxylic acids is 1. The fraction of sp³-hybridized carbons (Fsp3) is 0.556. The highest BCUT2D eigenvalue weighted by Gasteiger charge is 2.19. The molecule has 1 rings (SSSR count). The van der Waals surface area contributed by atoms with E-state index in [1.165, 1.54) is 6.92 Å². The van der Waals surface area contributed by atoms with E-state index in [-0.39, 0.29) is 19.0 Å². The van der Waals surface area contributed by atoms with Gasteiger partial charge in [-0.05, 0) is 6.08 Å². The molecule has 78 valence electrons. The number of hydrogen-bond donors (Lipinski definition) is 1. The molecule has 1 N–H and O–H groups in total. The van der Waals surface area contributed by atoms with Crippen LogP contribution in [0.2, 0.25) is 0 Å². The average molecular weight is 200 g/mol. The van der Waals surface area contributed by atoms with Gasteiger partial charge in [-0.3, -0.25) is 9.59 Å². The van der Waals surface area contributed by atoms with Gasteiger partial charge in [0.2, 0.25) is 0 Å². The highest BCUT2D eigenvalue weighted by atomic mass is 16.6.